The van der Waals surface area contributed by atoms with Crippen molar-refractivity contribution in [2.75, 3.05) is 4.90 Å². The first kappa shape index (κ1) is 22.5. The molecule has 1 amide bonds. The van der Waals surface area contributed by atoms with Gasteiger partial charge in [0.05, 0.1) is 18.7 Å². The average molecular weight is 468 g/mol. The second kappa shape index (κ2) is 8.36. The van der Waals surface area contributed by atoms with Crippen LogP contribution in [-0.4, -0.2) is 16.8 Å². The van der Waals surface area contributed by atoms with Gasteiger partial charge in [-0.1, -0.05) is 53.0 Å². The van der Waals surface area contributed by atoms with Gasteiger partial charge in [0.1, 0.15) is 0 Å². The Balaban J connectivity index is 1.73. The van der Waals surface area contributed by atoms with E-state index in [2.05, 4.69) is 0 Å². The van der Waals surface area contributed by atoms with Crippen molar-refractivity contribution in [1.82, 2.24) is 0 Å². The minimum atomic E-state index is -1.99. The molecule has 1 aliphatic heterocycles. The average Bonchev–Trinajstić information content (AvgIpc) is 2.90. The maximum absolute atomic E-state index is 13.5. The highest BCUT2D eigenvalue weighted by atomic mass is 35.5. The lowest BCUT2D eigenvalue weighted by Crippen LogP contribution is -2.41. The van der Waals surface area contributed by atoms with E-state index >= 15 is 0 Å². The molecule has 0 radical (unpaired) electrons. The van der Waals surface area contributed by atoms with Crippen molar-refractivity contribution in [3.05, 3.63) is 98.0 Å². The number of halogens is 2. The summed E-state index contributed by atoms with van der Waals surface area (Å²) in [6, 6.07) is 16.0. The van der Waals surface area contributed by atoms with Gasteiger partial charge in [0.2, 0.25) is 0 Å². The number of amides is 1. The van der Waals surface area contributed by atoms with Gasteiger partial charge >= 0.3 is 0 Å². The standard InChI is InChI=1S/C26H23Cl2NO3/c1-15-10-16(2)24(17(3)11-15)23(30)13-26(32)21-12-20(28)8-9-22(21)29(25(26)31)14-18-4-6-19(27)7-5-18/h4-12,32H,13-14H2,1-3H3/t26-/m1/s1. The maximum Gasteiger partial charge on any atom is 0.264 e. The molecule has 0 aromatic heterocycles. The van der Waals surface area contributed by atoms with Crippen LogP contribution in [0.2, 0.25) is 10.0 Å². The molecule has 164 valence electrons. The first-order chi connectivity index (χ1) is 15.1. The van der Waals surface area contributed by atoms with E-state index in [4.69, 9.17) is 23.2 Å². The van der Waals surface area contributed by atoms with E-state index in [0.717, 1.165) is 22.3 Å². The van der Waals surface area contributed by atoms with Crippen molar-refractivity contribution in [3.63, 3.8) is 0 Å². The first-order valence-electron chi connectivity index (χ1n) is 10.3. The topological polar surface area (TPSA) is 57.6 Å². The number of nitrogens with zero attached hydrogens (tertiary/aromatic N) is 1. The Morgan fingerprint density at radius 3 is 2.16 bits per heavy atom. The van der Waals surface area contributed by atoms with E-state index < -0.39 is 11.5 Å². The van der Waals surface area contributed by atoms with Crippen LogP contribution in [0.5, 0.6) is 0 Å². The van der Waals surface area contributed by atoms with Gasteiger partial charge in [0.25, 0.3) is 5.91 Å². The summed E-state index contributed by atoms with van der Waals surface area (Å²) in [4.78, 5) is 28.3. The molecule has 0 saturated carbocycles. The van der Waals surface area contributed by atoms with Crippen molar-refractivity contribution in [2.45, 2.75) is 39.3 Å². The van der Waals surface area contributed by atoms with E-state index in [0.29, 0.717) is 26.9 Å². The van der Waals surface area contributed by atoms with Crippen LogP contribution in [0.4, 0.5) is 5.69 Å². The van der Waals surface area contributed by atoms with E-state index in [1.54, 1.807) is 30.3 Å². The number of ketones is 1. The highest BCUT2D eigenvalue weighted by molar-refractivity contribution is 6.31. The number of rotatable bonds is 5. The number of aliphatic hydroxyl groups is 1. The maximum atomic E-state index is 13.5. The molecule has 3 aromatic carbocycles. The lowest BCUT2D eigenvalue weighted by molar-refractivity contribution is -0.136. The molecule has 0 fully saturated rings. The van der Waals surface area contributed by atoms with Crippen LogP contribution in [-0.2, 0) is 16.9 Å². The SMILES string of the molecule is Cc1cc(C)c(C(=O)C[C@]2(O)C(=O)N(Cc3ccc(Cl)cc3)c3ccc(Cl)cc32)c(C)c1. The molecule has 32 heavy (non-hydrogen) atoms. The largest absolute Gasteiger partial charge is 0.375 e. The van der Waals surface area contributed by atoms with Gasteiger partial charge in [0.15, 0.2) is 11.4 Å². The Labute approximate surface area is 197 Å². The number of aryl methyl sites for hydroxylation is 3. The van der Waals surface area contributed by atoms with Crippen LogP contribution in [0.25, 0.3) is 0 Å². The second-order valence-electron chi connectivity index (χ2n) is 8.41. The smallest absolute Gasteiger partial charge is 0.264 e. The van der Waals surface area contributed by atoms with Crippen molar-refractivity contribution < 1.29 is 14.7 Å². The van der Waals surface area contributed by atoms with E-state index in [9.17, 15) is 14.7 Å². The molecule has 0 bridgehead atoms. The number of carbonyl (C=O) groups is 2. The van der Waals surface area contributed by atoms with Crippen LogP contribution in [0.15, 0.2) is 54.6 Å². The van der Waals surface area contributed by atoms with Crippen LogP contribution >= 0.6 is 23.2 Å². The van der Waals surface area contributed by atoms with Gasteiger partial charge in [-0.15, -0.1) is 0 Å². The third-order valence-electron chi connectivity index (χ3n) is 5.92. The molecule has 3 aromatic rings. The quantitative estimate of drug-likeness (QED) is 0.473. The highest BCUT2D eigenvalue weighted by Gasteiger charge is 2.51. The second-order valence-corrected chi connectivity index (χ2v) is 9.29. The molecule has 1 aliphatic rings. The summed E-state index contributed by atoms with van der Waals surface area (Å²) < 4.78 is 0. The fourth-order valence-electron chi connectivity index (χ4n) is 4.56. The molecule has 0 aliphatic carbocycles. The number of hydrogen-bond donors (Lipinski definition) is 1. The fraction of sp³-hybridized carbons (Fsp3) is 0.231. The zero-order chi connectivity index (χ0) is 23.2. The normalized spacial score (nSPS) is 17.6. The Morgan fingerprint density at radius 1 is 0.938 bits per heavy atom. The number of carbonyl (C=O) groups excluding carboxylic acids is 2. The monoisotopic (exact) mass is 467 g/mol. The number of fused-ring (bicyclic) bond motifs is 1. The lowest BCUT2D eigenvalue weighted by atomic mass is 9.85. The van der Waals surface area contributed by atoms with E-state index in [1.165, 1.54) is 4.90 Å². The summed E-state index contributed by atoms with van der Waals surface area (Å²) in [5, 5.41) is 12.6. The van der Waals surface area contributed by atoms with Crippen LogP contribution in [0, 0.1) is 20.8 Å². The molecule has 1 atom stereocenters. The lowest BCUT2D eigenvalue weighted by Gasteiger charge is -2.23. The van der Waals surface area contributed by atoms with Gasteiger partial charge in [0, 0.05) is 21.2 Å². The zero-order valence-corrected chi connectivity index (χ0v) is 19.6. The van der Waals surface area contributed by atoms with Gasteiger partial charge in [-0.3, -0.25) is 9.59 Å². The molecule has 0 unspecified atom stereocenters. The third kappa shape index (κ3) is 3.95. The minimum absolute atomic E-state index is 0.240. The fourth-order valence-corrected chi connectivity index (χ4v) is 4.86. The van der Waals surface area contributed by atoms with Crippen molar-refractivity contribution in [2.24, 2.45) is 0 Å². The van der Waals surface area contributed by atoms with E-state index in [-0.39, 0.29) is 18.7 Å². The Bertz CT molecular complexity index is 1210. The summed E-state index contributed by atoms with van der Waals surface area (Å²) >= 11 is 12.2. The molecule has 1 heterocycles. The molecular formula is C26H23Cl2NO3. The predicted octanol–water partition coefficient (Wildman–Crippen LogP) is 5.93. The summed E-state index contributed by atoms with van der Waals surface area (Å²) in [6.45, 7) is 5.94. The molecule has 6 heteroatoms. The Hall–Kier alpha value is -2.66. The van der Waals surface area contributed by atoms with Gasteiger partial charge in [-0.05, 0) is 67.8 Å². The third-order valence-corrected chi connectivity index (χ3v) is 6.41. The van der Waals surface area contributed by atoms with Crippen LogP contribution < -0.4 is 4.90 Å². The Kier molecular flexibility index (Phi) is 5.89. The predicted molar refractivity (Wildman–Crippen MR) is 128 cm³/mol. The van der Waals surface area contributed by atoms with Crippen LogP contribution in [0.3, 0.4) is 0 Å². The summed E-state index contributed by atoms with van der Waals surface area (Å²) in [5.41, 5.74) is 2.99. The summed E-state index contributed by atoms with van der Waals surface area (Å²) in [5.74, 6) is -0.824. The Morgan fingerprint density at radius 2 is 1.53 bits per heavy atom. The van der Waals surface area contributed by atoms with Crippen molar-refractivity contribution in [1.29, 1.82) is 0 Å². The number of anilines is 1. The van der Waals surface area contributed by atoms with Gasteiger partial charge < -0.3 is 10.0 Å². The molecule has 1 N–H and O–H groups in total. The van der Waals surface area contributed by atoms with Gasteiger partial charge in [-0.25, -0.2) is 0 Å². The minimum Gasteiger partial charge on any atom is -0.375 e. The number of Topliss-reactive ketones (excluding diaryl/α,β-unsaturated/α-hetero) is 1. The van der Waals surface area contributed by atoms with E-state index in [1.807, 2.05) is 45.0 Å². The molecule has 4 nitrogen and oxygen atoms in total. The molecule has 4 rings (SSSR count). The molecular weight excluding hydrogens is 445 g/mol. The summed E-state index contributed by atoms with van der Waals surface area (Å²) in [7, 11) is 0. The number of hydrogen-bond acceptors (Lipinski definition) is 3. The molecule has 0 saturated heterocycles. The zero-order valence-electron chi connectivity index (χ0n) is 18.1. The van der Waals surface area contributed by atoms with Gasteiger partial charge in [-0.2, -0.15) is 0 Å². The highest BCUT2D eigenvalue weighted by Crippen LogP contribution is 2.45. The molecule has 0 spiro atoms. The van der Waals surface area contributed by atoms with Crippen molar-refractivity contribution >= 4 is 40.6 Å². The van der Waals surface area contributed by atoms with Crippen LogP contribution in [0.1, 0.15) is 44.6 Å². The first-order valence-corrected chi connectivity index (χ1v) is 11.1. The summed E-state index contributed by atoms with van der Waals surface area (Å²) in [6.07, 6.45) is -0.360. The number of benzene rings is 3. The van der Waals surface area contributed by atoms with Crippen molar-refractivity contribution in [3.8, 4) is 0 Å².